The lowest BCUT2D eigenvalue weighted by atomic mass is 10.1. The molecule has 2 aromatic rings. The van der Waals surface area contributed by atoms with Crippen molar-refractivity contribution < 1.29 is 14.3 Å². The number of amides is 2. The number of hydrogen-bond acceptors (Lipinski definition) is 3. The number of urea groups is 1. The molecule has 2 aromatic carbocycles. The van der Waals surface area contributed by atoms with E-state index in [1.54, 1.807) is 7.11 Å². The summed E-state index contributed by atoms with van der Waals surface area (Å²) >= 11 is 0. The molecule has 122 valence electrons. The molecule has 0 heterocycles. The van der Waals surface area contributed by atoms with E-state index in [-0.39, 0.29) is 6.03 Å². The fourth-order valence-electron chi connectivity index (χ4n) is 2.03. The van der Waals surface area contributed by atoms with E-state index >= 15 is 0 Å². The average molecular weight is 314 g/mol. The van der Waals surface area contributed by atoms with Crippen LogP contribution in [0.3, 0.4) is 0 Å². The van der Waals surface area contributed by atoms with E-state index in [2.05, 4.69) is 10.6 Å². The molecule has 0 saturated heterocycles. The Morgan fingerprint density at radius 3 is 2.30 bits per heavy atom. The second kappa shape index (κ2) is 9.35. The average Bonchev–Trinajstić information content (AvgIpc) is 2.60. The molecule has 2 amide bonds. The van der Waals surface area contributed by atoms with Gasteiger partial charge in [0.25, 0.3) is 0 Å². The van der Waals surface area contributed by atoms with Crippen molar-refractivity contribution in [2.45, 2.75) is 6.42 Å². The Hall–Kier alpha value is -2.69. The van der Waals surface area contributed by atoms with Crippen molar-refractivity contribution in [3.8, 4) is 11.5 Å². The number of methoxy groups -OCH3 is 1. The number of carbonyl (C=O) groups excluding carboxylic acids is 1. The van der Waals surface area contributed by atoms with Gasteiger partial charge < -0.3 is 20.1 Å². The summed E-state index contributed by atoms with van der Waals surface area (Å²) < 4.78 is 10.6. The molecule has 2 rings (SSSR count). The molecule has 0 aliphatic rings. The third-order valence-electron chi connectivity index (χ3n) is 3.26. The van der Waals surface area contributed by atoms with Crippen molar-refractivity contribution in [3.63, 3.8) is 0 Å². The van der Waals surface area contributed by atoms with Gasteiger partial charge in [-0.2, -0.15) is 0 Å². The van der Waals surface area contributed by atoms with Gasteiger partial charge >= 0.3 is 6.03 Å². The lowest BCUT2D eigenvalue weighted by Gasteiger charge is -2.09. The van der Waals surface area contributed by atoms with Gasteiger partial charge in [-0.25, -0.2) is 4.79 Å². The topological polar surface area (TPSA) is 59.6 Å². The van der Waals surface area contributed by atoms with Crippen LogP contribution in [0.2, 0.25) is 0 Å². The highest BCUT2D eigenvalue weighted by Crippen LogP contribution is 2.11. The van der Waals surface area contributed by atoms with Crippen molar-refractivity contribution >= 4 is 6.03 Å². The Balaban J connectivity index is 1.56. The number of ether oxygens (including phenoxy) is 2. The number of para-hydroxylation sites is 1. The predicted octanol–water partition coefficient (Wildman–Crippen LogP) is 2.62. The number of rotatable bonds is 8. The van der Waals surface area contributed by atoms with Crippen LogP contribution in [-0.2, 0) is 6.42 Å². The summed E-state index contributed by atoms with van der Waals surface area (Å²) in [4.78, 5) is 11.6. The molecular formula is C18H22N2O3. The Bertz CT molecular complexity index is 585. The van der Waals surface area contributed by atoms with Crippen molar-refractivity contribution in [1.82, 2.24) is 10.6 Å². The third kappa shape index (κ3) is 6.30. The number of benzene rings is 2. The van der Waals surface area contributed by atoms with Crippen LogP contribution in [0.25, 0.3) is 0 Å². The van der Waals surface area contributed by atoms with Crippen LogP contribution in [0.1, 0.15) is 5.56 Å². The molecule has 0 spiro atoms. The molecular weight excluding hydrogens is 292 g/mol. The van der Waals surface area contributed by atoms with Gasteiger partial charge in [0.2, 0.25) is 0 Å². The quantitative estimate of drug-likeness (QED) is 0.736. The molecule has 23 heavy (non-hydrogen) atoms. The van der Waals surface area contributed by atoms with Crippen molar-refractivity contribution in [2.24, 2.45) is 0 Å². The zero-order chi connectivity index (χ0) is 16.3. The van der Waals surface area contributed by atoms with Gasteiger partial charge in [0.15, 0.2) is 0 Å². The Morgan fingerprint density at radius 1 is 0.913 bits per heavy atom. The highest BCUT2D eigenvalue weighted by Gasteiger charge is 2.00. The summed E-state index contributed by atoms with van der Waals surface area (Å²) in [5.41, 5.74) is 1.15. The molecule has 0 aliphatic carbocycles. The normalized spacial score (nSPS) is 9.96. The lowest BCUT2D eigenvalue weighted by molar-refractivity contribution is 0.236. The highest BCUT2D eigenvalue weighted by atomic mass is 16.5. The monoisotopic (exact) mass is 314 g/mol. The fraction of sp³-hybridized carbons (Fsp3) is 0.278. The van der Waals surface area contributed by atoms with Crippen LogP contribution in [0.5, 0.6) is 11.5 Å². The number of hydrogen-bond donors (Lipinski definition) is 2. The summed E-state index contributed by atoms with van der Waals surface area (Å²) in [6.07, 6.45) is 0.776. The van der Waals surface area contributed by atoms with Crippen molar-refractivity contribution in [3.05, 3.63) is 60.2 Å². The van der Waals surface area contributed by atoms with E-state index in [4.69, 9.17) is 9.47 Å². The van der Waals surface area contributed by atoms with E-state index in [9.17, 15) is 4.79 Å². The van der Waals surface area contributed by atoms with Crippen LogP contribution >= 0.6 is 0 Å². The van der Waals surface area contributed by atoms with Crippen molar-refractivity contribution in [2.75, 3.05) is 26.8 Å². The van der Waals surface area contributed by atoms with Gasteiger partial charge in [-0.1, -0.05) is 30.3 Å². The third-order valence-corrected chi connectivity index (χ3v) is 3.26. The molecule has 0 atom stereocenters. The molecule has 5 nitrogen and oxygen atoms in total. The van der Waals surface area contributed by atoms with Crippen LogP contribution in [0.4, 0.5) is 4.79 Å². The minimum absolute atomic E-state index is 0.185. The predicted molar refractivity (Wildman–Crippen MR) is 90.0 cm³/mol. The molecule has 0 aromatic heterocycles. The van der Waals surface area contributed by atoms with Gasteiger partial charge in [-0.3, -0.25) is 0 Å². The maximum absolute atomic E-state index is 11.6. The molecule has 0 saturated carbocycles. The molecule has 0 aliphatic heterocycles. The zero-order valence-corrected chi connectivity index (χ0v) is 13.2. The first-order valence-electron chi connectivity index (χ1n) is 7.60. The summed E-state index contributed by atoms with van der Waals surface area (Å²) in [5, 5.41) is 5.58. The SMILES string of the molecule is COc1ccc(CCNC(=O)NCCOc2ccccc2)cc1. The van der Waals surface area contributed by atoms with E-state index in [0.29, 0.717) is 19.7 Å². The maximum atomic E-state index is 11.6. The van der Waals surface area contributed by atoms with Crippen molar-refractivity contribution in [1.29, 1.82) is 0 Å². The van der Waals surface area contributed by atoms with Gasteiger partial charge in [0, 0.05) is 6.54 Å². The largest absolute Gasteiger partial charge is 0.497 e. The summed E-state index contributed by atoms with van der Waals surface area (Å²) in [7, 11) is 1.64. The molecule has 0 fully saturated rings. The first kappa shape index (κ1) is 16.7. The lowest BCUT2D eigenvalue weighted by Crippen LogP contribution is -2.38. The van der Waals surface area contributed by atoms with Gasteiger partial charge in [-0.15, -0.1) is 0 Å². The zero-order valence-electron chi connectivity index (χ0n) is 13.2. The summed E-state index contributed by atoms with van der Waals surface area (Å²) in [6, 6.07) is 17.1. The first-order valence-corrected chi connectivity index (χ1v) is 7.60. The van der Waals surface area contributed by atoms with Crippen LogP contribution < -0.4 is 20.1 Å². The summed E-state index contributed by atoms with van der Waals surface area (Å²) in [5.74, 6) is 1.63. The van der Waals surface area contributed by atoms with Gasteiger partial charge in [0.05, 0.1) is 13.7 Å². The Morgan fingerprint density at radius 2 is 1.61 bits per heavy atom. The highest BCUT2D eigenvalue weighted by molar-refractivity contribution is 5.73. The van der Waals surface area contributed by atoms with E-state index < -0.39 is 0 Å². The first-order chi connectivity index (χ1) is 11.3. The number of carbonyl (C=O) groups is 1. The standard InChI is InChI=1S/C18H22N2O3/c1-22-16-9-7-15(8-10-16)11-12-19-18(21)20-13-14-23-17-5-3-2-4-6-17/h2-10H,11-14H2,1H3,(H2,19,20,21). The van der Waals surface area contributed by atoms with Gasteiger partial charge in [-0.05, 0) is 36.2 Å². The molecule has 5 heteroatoms. The summed E-state index contributed by atoms with van der Waals surface area (Å²) in [6.45, 7) is 1.48. The second-order valence-electron chi connectivity index (χ2n) is 4.94. The molecule has 0 bridgehead atoms. The smallest absolute Gasteiger partial charge is 0.314 e. The molecule has 2 N–H and O–H groups in total. The fourth-order valence-corrected chi connectivity index (χ4v) is 2.03. The number of nitrogens with one attached hydrogen (secondary N) is 2. The van der Waals surface area contributed by atoms with E-state index in [0.717, 1.165) is 23.5 Å². The minimum atomic E-state index is -0.185. The van der Waals surface area contributed by atoms with Crippen LogP contribution in [0.15, 0.2) is 54.6 Å². The van der Waals surface area contributed by atoms with Gasteiger partial charge in [0.1, 0.15) is 18.1 Å². The molecule has 0 unspecified atom stereocenters. The van der Waals surface area contributed by atoms with E-state index in [1.807, 2.05) is 54.6 Å². The van der Waals surface area contributed by atoms with Crippen LogP contribution in [0, 0.1) is 0 Å². The minimum Gasteiger partial charge on any atom is -0.497 e. The van der Waals surface area contributed by atoms with E-state index in [1.165, 1.54) is 0 Å². The van der Waals surface area contributed by atoms with Crippen LogP contribution in [-0.4, -0.2) is 32.8 Å². The molecule has 0 radical (unpaired) electrons. The second-order valence-corrected chi connectivity index (χ2v) is 4.94. The maximum Gasteiger partial charge on any atom is 0.314 e. The Kier molecular flexibility index (Phi) is 6.78. The Labute approximate surface area is 136 Å².